The molecular weight excluding hydrogens is 434 g/mol. The number of hydrogen-bond acceptors (Lipinski definition) is 6. The van der Waals surface area contributed by atoms with E-state index in [2.05, 4.69) is 44.9 Å². The Labute approximate surface area is 189 Å². The van der Waals surface area contributed by atoms with Crippen LogP contribution < -0.4 is 5.32 Å². The molecule has 7 nitrogen and oxygen atoms in total. The van der Waals surface area contributed by atoms with E-state index in [1.165, 1.54) is 11.3 Å². The Hall–Kier alpha value is -2.97. The third-order valence-corrected chi connectivity index (χ3v) is 6.15. The lowest BCUT2D eigenvalue weighted by Crippen LogP contribution is -2.12. The maximum Gasteiger partial charge on any atom is 0.227 e. The molecule has 160 valence electrons. The summed E-state index contributed by atoms with van der Waals surface area (Å²) in [6.45, 7) is 6.58. The Morgan fingerprint density at radius 3 is 2.77 bits per heavy atom. The quantitative estimate of drug-likeness (QED) is 0.414. The maximum atomic E-state index is 12.2. The van der Waals surface area contributed by atoms with Crippen molar-refractivity contribution in [2.45, 2.75) is 40.2 Å². The average molecular weight is 456 g/mol. The fraction of sp³-hybridized carbons (Fsp3) is 0.273. The number of hydrogen-bond donors (Lipinski definition) is 1. The summed E-state index contributed by atoms with van der Waals surface area (Å²) in [4.78, 5) is 21.0. The lowest BCUT2D eigenvalue weighted by molar-refractivity contribution is -0.116. The van der Waals surface area contributed by atoms with E-state index in [4.69, 9.17) is 16.1 Å². The predicted molar refractivity (Wildman–Crippen MR) is 122 cm³/mol. The van der Waals surface area contributed by atoms with Crippen LogP contribution in [0.1, 0.15) is 35.1 Å². The minimum absolute atomic E-state index is 0.138. The second-order valence-corrected chi connectivity index (χ2v) is 8.55. The van der Waals surface area contributed by atoms with Crippen LogP contribution in [0.4, 0.5) is 5.13 Å². The van der Waals surface area contributed by atoms with Crippen LogP contribution in [0.15, 0.2) is 40.2 Å². The van der Waals surface area contributed by atoms with Gasteiger partial charge in [-0.05, 0) is 38.5 Å². The van der Waals surface area contributed by atoms with Gasteiger partial charge in [0.2, 0.25) is 11.8 Å². The zero-order valence-electron chi connectivity index (χ0n) is 17.5. The summed E-state index contributed by atoms with van der Waals surface area (Å²) in [5, 5.41) is 9.86. The highest BCUT2D eigenvalue weighted by Gasteiger charge is 2.16. The highest BCUT2D eigenvalue weighted by molar-refractivity contribution is 7.14. The van der Waals surface area contributed by atoms with Gasteiger partial charge >= 0.3 is 0 Å². The first-order valence-corrected chi connectivity index (χ1v) is 11.1. The Morgan fingerprint density at radius 1 is 1.23 bits per heavy atom. The Bertz CT molecular complexity index is 1230. The molecule has 0 fully saturated rings. The highest BCUT2D eigenvalue weighted by atomic mass is 35.5. The van der Waals surface area contributed by atoms with Crippen LogP contribution in [-0.2, 0) is 17.8 Å². The second kappa shape index (κ2) is 9.03. The fourth-order valence-electron chi connectivity index (χ4n) is 3.40. The van der Waals surface area contributed by atoms with Crippen molar-refractivity contribution in [3.05, 3.63) is 69.4 Å². The number of amides is 1. The van der Waals surface area contributed by atoms with Gasteiger partial charge in [-0.1, -0.05) is 35.0 Å². The summed E-state index contributed by atoms with van der Waals surface area (Å²) in [6, 6.07) is 9.98. The summed E-state index contributed by atoms with van der Waals surface area (Å²) >= 11 is 7.75. The number of carbonyl (C=O) groups excluding carboxylic acids is 1. The van der Waals surface area contributed by atoms with E-state index in [0.29, 0.717) is 29.8 Å². The first-order valence-electron chi connectivity index (χ1n) is 9.86. The summed E-state index contributed by atoms with van der Waals surface area (Å²) in [6.07, 6.45) is 0.650. The van der Waals surface area contributed by atoms with Gasteiger partial charge in [0.15, 0.2) is 11.0 Å². The molecule has 3 aromatic heterocycles. The largest absolute Gasteiger partial charge is 0.344 e. The molecule has 4 rings (SSSR count). The molecule has 0 radical (unpaired) electrons. The van der Waals surface area contributed by atoms with E-state index >= 15 is 0 Å². The number of aryl methyl sites for hydroxylation is 3. The monoisotopic (exact) mass is 455 g/mol. The van der Waals surface area contributed by atoms with Crippen molar-refractivity contribution < 1.29 is 9.32 Å². The smallest absolute Gasteiger partial charge is 0.227 e. The summed E-state index contributed by atoms with van der Waals surface area (Å²) in [5.74, 6) is 0.881. The molecule has 0 bridgehead atoms. The number of nitrogens with zero attached hydrogens (tertiary/aromatic N) is 4. The first-order chi connectivity index (χ1) is 14.9. The van der Waals surface area contributed by atoms with Crippen LogP contribution in [0.3, 0.4) is 0 Å². The second-order valence-electron chi connectivity index (χ2n) is 7.28. The van der Waals surface area contributed by atoms with Crippen molar-refractivity contribution >= 4 is 34.0 Å². The van der Waals surface area contributed by atoms with E-state index in [1.807, 2.05) is 29.6 Å². The Balaban J connectivity index is 1.45. The molecule has 1 N–H and O–H groups in total. The van der Waals surface area contributed by atoms with Crippen molar-refractivity contribution in [3.8, 4) is 11.3 Å². The lowest BCUT2D eigenvalue weighted by Gasteiger charge is -2.11. The average Bonchev–Trinajstić information content (AvgIpc) is 3.44. The van der Waals surface area contributed by atoms with Crippen LogP contribution in [0.2, 0.25) is 5.02 Å². The fourth-order valence-corrected chi connectivity index (χ4v) is 4.32. The molecular formula is C22H22ClN5O2S. The molecule has 0 spiro atoms. The third-order valence-electron chi connectivity index (χ3n) is 5.02. The van der Waals surface area contributed by atoms with Gasteiger partial charge in [-0.25, -0.2) is 4.98 Å². The molecule has 0 aliphatic carbocycles. The zero-order valence-corrected chi connectivity index (χ0v) is 19.0. The van der Waals surface area contributed by atoms with E-state index < -0.39 is 0 Å². The van der Waals surface area contributed by atoms with E-state index in [9.17, 15) is 4.79 Å². The van der Waals surface area contributed by atoms with Gasteiger partial charge in [0.1, 0.15) is 0 Å². The van der Waals surface area contributed by atoms with Crippen molar-refractivity contribution in [3.63, 3.8) is 0 Å². The van der Waals surface area contributed by atoms with Crippen LogP contribution in [-0.4, -0.2) is 25.6 Å². The number of rotatable bonds is 7. The molecule has 0 atom stereocenters. The van der Waals surface area contributed by atoms with Crippen LogP contribution in [0.25, 0.3) is 11.3 Å². The van der Waals surface area contributed by atoms with Gasteiger partial charge in [0.25, 0.3) is 0 Å². The highest BCUT2D eigenvalue weighted by Crippen LogP contribution is 2.31. The molecule has 0 saturated heterocycles. The third kappa shape index (κ3) is 4.86. The van der Waals surface area contributed by atoms with Gasteiger partial charge in [0.05, 0.1) is 5.69 Å². The Kier molecular flexibility index (Phi) is 6.20. The van der Waals surface area contributed by atoms with Gasteiger partial charge in [-0.3, -0.25) is 4.79 Å². The standard InChI is InChI=1S/C22H22ClN5O2S/c1-13-10-17(14(2)28(13)11-16-6-4-5-7-18(16)23)19-12-31-22(25-19)26-20(29)8-9-21-24-15(3)27-30-21/h4-7,10,12H,8-9,11H2,1-3H3,(H,25,26,29). The first kappa shape index (κ1) is 21.3. The molecule has 0 aliphatic rings. The number of nitrogens with one attached hydrogen (secondary N) is 1. The molecule has 3 heterocycles. The lowest BCUT2D eigenvalue weighted by atomic mass is 10.2. The van der Waals surface area contributed by atoms with Gasteiger partial charge in [-0.15, -0.1) is 11.3 Å². The number of benzene rings is 1. The SMILES string of the molecule is Cc1noc(CCC(=O)Nc2nc(-c3cc(C)n(Cc4ccccc4Cl)c3C)cs2)n1. The summed E-state index contributed by atoms with van der Waals surface area (Å²) in [5.41, 5.74) is 5.18. The van der Waals surface area contributed by atoms with E-state index in [-0.39, 0.29) is 12.3 Å². The number of carbonyl (C=O) groups is 1. The van der Waals surface area contributed by atoms with E-state index in [0.717, 1.165) is 33.2 Å². The molecule has 9 heteroatoms. The van der Waals surface area contributed by atoms with Gasteiger partial charge in [-0.2, -0.15) is 4.98 Å². The predicted octanol–water partition coefficient (Wildman–Crippen LogP) is 5.19. The minimum atomic E-state index is -0.138. The normalized spacial score (nSPS) is 11.1. The van der Waals surface area contributed by atoms with Crippen molar-refractivity contribution in [2.24, 2.45) is 0 Å². The van der Waals surface area contributed by atoms with Crippen molar-refractivity contribution in [1.82, 2.24) is 19.7 Å². The molecule has 4 aromatic rings. The van der Waals surface area contributed by atoms with E-state index in [1.54, 1.807) is 6.92 Å². The topological polar surface area (TPSA) is 85.8 Å². The molecule has 1 amide bonds. The maximum absolute atomic E-state index is 12.2. The van der Waals surface area contributed by atoms with Gasteiger partial charge in [0, 0.05) is 46.7 Å². The number of thiazole rings is 1. The van der Waals surface area contributed by atoms with Crippen molar-refractivity contribution in [2.75, 3.05) is 5.32 Å². The summed E-state index contributed by atoms with van der Waals surface area (Å²) in [7, 11) is 0. The molecule has 1 aromatic carbocycles. The number of anilines is 1. The molecule has 0 saturated carbocycles. The zero-order chi connectivity index (χ0) is 22.0. The minimum Gasteiger partial charge on any atom is -0.344 e. The van der Waals surface area contributed by atoms with Gasteiger partial charge < -0.3 is 14.4 Å². The molecule has 31 heavy (non-hydrogen) atoms. The number of aromatic nitrogens is 4. The van der Waals surface area contributed by atoms with Crippen LogP contribution in [0, 0.1) is 20.8 Å². The summed E-state index contributed by atoms with van der Waals surface area (Å²) < 4.78 is 7.26. The van der Waals surface area contributed by atoms with Crippen LogP contribution in [0.5, 0.6) is 0 Å². The molecule has 0 aliphatic heterocycles. The Morgan fingerprint density at radius 2 is 2.03 bits per heavy atom. The number of halogens is 1. The van der Waals surface area contributed by atoms with Crippen LogP contribution >= 0.6 is 22.9 Å². The van der Waals surface area contributed by atoms with Crippen molar-refractivity contribution in [1.29, 1.82) is 0 Å². The molecule has 0 unspecified atom stereocenters.